The molecular formula is C19H30IN5O2. The zero-order chi connectivity index (χ0) is 18.8. The zero-order valence-electron chi connectivity index (χ0n) is 16.5. The second kappa shape index (κ2) is 12.4. The van der Waals surface area contributed by atoms with E-state index < -0.39 is 0 Å². The monoisotopic (exact) mass is 487 g/mol. The molecule has 150 valence electrons. The Morgan fingerprint density at radius 2 is 2.07 bits per heavy atom. The number of benzene rings is 1. The van der Waals surface area contributed by atoms with E-state index in [-0.39, 0.29) is 24.0 Å². The lowest BCUT2D eigenvalue weighted by molar-refractivity contribution is 0.311. The lowest BCUT2D eigenvalue weighted by Crippen LogP contribution is -2.30. The van der Waals surface area contributed by atoms with Crippen LogP contribution in [-0.4, -0.2) is 42.5 Å². The number of anilines is 1. The molecule has 0 aliphatic rings. The number of aliphatic imine (C=N–C) groups is 1. The first-order valence-electron chi connectivity index (χ1n) is 9.00. The van der Waals surface area contributed by atoms with Crippen LogP contribution in [-0.2, 0) is 13.5 Å². The fourth-order valence-electron chi connectivity index (χ4n) is 2.54. The molecule has 2 N–H and O–H groups in total. The van der Waals surface area contributed by atoms with Crippen molar-refractivity contribution in [3.8, 4) is 11.5 Å². The molecule has 0 unspecified atom stereocenters. The summed E-state index contributed by atoms with van der Waals surface area (Å²) in [6.07, 6.45) is 5.88. The van der Waals surface area contributed by atoms with E-state index in [4.69, 9.17) is 9.47 Å². The molecule has 0 saturated heterocycles. The molecule has 0 radical (unpaired) electrons. The van der Waals surface area contributed by atoms with Gasteiger partial charge in [-0.2, -0.15) is 5.10 Å². The van der Waals surface area contributed by atoms with E-state index in [0.717, 1.165) is 43.3 Å². The van der Waals surface area contributed by atoms with Crippen molar-refractivity contribution in [2.75, 3.05) is 32.1 Å². The molecule has 0 fully saturated rings. The minimum absolute atomic E-state index is 0. The van der Waals surface area contributed by atoms with Crippen molar-refractivity contribution >= 4 is 35.6 Å². The summed E-state index contributed by atoms with van der Waals surface area (Å²) in [5, 5.41) is 10.8. The van der Waals surface area contributed by atoms with Crippen LogP contribution in [0.1, 0.15) is 25.8 Å². The Bertz CT molecular complexity index is 718. The number of guanidine groups is 1. The van der Waals surface area contributed by atoms with E-state index >= 15 is 0 Å². The summed E-state index contributed by atoms with van der Waals surface area (Å²) in [5.74, 6) is 2.19. The number of hydrogen-bond acceptors (Lipinski definition) is 4. The Hall–Kier alpha value is -1.97. The topological polar surface area (TPSA) is 72.7 Å². The van der Waals surface area contributed by atoms with Crippen LogP contribution >= 0.6 is 24.0 Å². The average Bonchev–Trinajstić information content (AvgIpc) is 3.05. The van der Waals surface area contributed by atoms with Crippen molar-refractivity contribution in [3.63, 3.8) is 0 Å². The first-order chi connectivity index (χ1) is 12.7. The highest BCUT2D eigenvalue weighted by molar-refractivity contribution is 14.0. The summed E-state index contributed by atoms with van der Waals surface area (Å²) in [7, 11) is 3.57. The van der Waals surface area contributed by atoms with Gasteiger partial charge in [0.05, 0.1) is 19.9 Å². The van der Waals surface area contributed by atoms with Crippen LogP contribution in [0.25, 0.3) is 0 Å². The molecule has 0 amide bonds. The number of rotatable bonds is 9. The van der Waals surface area contributed by atoms with Crippen LogP contribution in [0.15, 0.2) is 35.6 Å². The fraction of sp³-hybridized carbons (Fsp3) is 0.474. The quantitative estimate of drug-likeness (QED) is 0.245. The maximum atomic E-state index is 5.63. The Kier molecular flexibility index (Phi) is 10.6. The molecule has 1 heterocycles. The lowest BCUT2D eigenvalue weighted by atomic mass is 10.2. The van der Waals surface area contributed by atoms with Crippen LogP contribution in [0.3, 0.4) is 0 Å². The standard InChI is InChI=1S/C19H29N5O2.HI/c1-5-20-19(21-11-7-8-15-13-22-24(3)14-15)23-16-9-10-17(25-4)18(12-16)26-6-2;/h9-10,12-14H,5-8,11H2,1-4H3,(H2,20,21,23);1H. The molecule has 0 aliphatic carbocycles. The minimum atomic E-state index is 0. The van der Waals surface area contributed by atoms with E-state index in [2.05, 4.69) is 20.7 Å². The normalized spacial score (nSPS) is 10.9. The number of nitrogens with one attached hydrogen (secondary N) is 2. The molecule has 1 aromatic heterocycles. The third-order valence-corrected chi connectivity index (χ3v) is 3.72. The maximum Gasteiger partial charge on any atom is 0.195 e. The SMILES string of the molecule is CCNC(=NCCCc1cnn(C)c1)Nc1ccc(OC)c(OCC)c1.I. The van der Waals surface area contributed by atoms with Gasteiger partial charge in [-0.15, -0.1) is 24.0 Å². The van der Waals surface area contributed by atoms with Crippen molar-refractivity contribution in [1.29, 1.82) is 0 Å². The van der Waals surface area contributed by atoms with Crippen molar-refractivity contribution in [2.45, 2.75) is 26.7 Å². The molecule has 2 rings (SSSR count). The highest BCUT2D eigenvalue weighted by atomic mass is 127. The van der Waals surface area contributed by atoms with E-state index in [1.165, 1.54) is 5.56 Å². The lowest BCUT2D eigenvalue weighted by Gasteiger charge is -2.14. The van der Waals surface area contributed by atoms with Gasteiger partial charge in [0.2, 0.25) is 0 Å². The highest BCUT2D eigenvalue weighted by Gasteiger charge is 2.07. The predicted molar refractivity (Wildman–Crippen MR) is 121 cm³/mol. The van der Waals surface area contributed by atoms with Crippen LogP contribution in [0.2, 0.25) is 0 Å². The van der Waals surface area contributed by atoms with E-state index in [9.17, 15) is 0 Å². The van der Waals surface area contributed by atoms with Crippen molar-refractivity contribution in [1.82, 2.24) is 15.1 Å². The van der Waals surface area contributed by atoms with Gasteiger partial charge in [0.15, 0.2) is 17.5 Å². The molecule has 0 spiro atoms. The summed E-state index contributed by atoms with van der Waals surface area (Å²) in [4.78, 5) is 4.64. The van der Waals surface area contributed by atoms with Gasteiger partial charge in [0, 0.05) is 38.1 Å². The first-order valence-corrected chi connectivity index (χ1v) is 9.00. The van der Waals surface area contributed by atoms with Gasteiger partial charge in [-0.1, -0.05) is 0 Å². The van der Waals surface area contributed by atoms with Crippen molar-refractivity contribution in [2.24, 2.45) is 12.0 Å². The number of methoxy groups -OCH3 is 1. The Labute approximate surface area is 178 Å². The third kappa shape index (κ3) is 7.66. The number of aryl methyl sites for hydroxylation is 2. The number of nitrogens with zero attached hydrogens (tertiary/aromatic N) is 3. The smallest absolute Gasteiger partial charge is 0.195 e. The maximum absolute atomic E-state index is 5.63. The van der Waals surface area contributed by atoms with Gasteiger partial charge in [-0.25, -0.2) is 0 Å². The van der Waals surface area contributed by atoms with Gasteiger partial charge in [0.1, 0.15) is 0 Å². The third-order valence-electron chi connectivity index (χ3n) is 3.72. The number of ether oxygens (including phenoxy) is 2. The van der Waals surface area contributed by atoms with Gasteiger partial charge in [-0.3, -0.25) is 9.67 Å². The van der Waals surface area contributed by atoms with Crippen molar-refractivity contribution < 1.29 is 9.47 Å². The first kappa shape index (κ1) is 23.1. The van der Waals surface area contributed by atoms with Crippen LogP contribution in [0.5, 0.6) is 11.5 Å². The molecule has 0 saturated carbocycles. The second-order valence-electron chi connectivity index (χ2n) is 5.81. The number of halogens is 1. The van der Waals surface area contributed by atoms with Crippen LogP contribution < -0.4 is 20.1 Å². The molecular weight excluding hydrogens is 457 g/mol. The minimum Gasteiger partial charge on any atom is -0.493 e. The van der Waals surface area contributed by atoms with E-state index in [0.29, 0.717) is 12.4 Å². The Balaban J connectivity index is 0.00000364. The zero-order valence-corrected chi connectivity index (χ0v) is 18.8. The number of aromatic nitrogens is 2. The van der Waals surface area contributed by atoms with Crippen LogP contribution in [0.4, 0.5) is 5.69 Å². The van der Waals surface area contributed by atoms with E-state index in [1.54, 1.807) is 7.11 Å². The molecule has 1 aromatic carbocycles. The summed E-state index contributed by atoms with van der Waals surface area (Å²) < 4.78 is 12.8. The molecule has 8 heteroatoms. The summed E-state index contributed by atoms with van der Waals surface area (Å²) in [6.45, 7) is 6.11. The Morgan fingerprint density at radius 1 is 1.26 bits per heavy atom. The molecule has 0 bridgehead atoms. The van der Waals surface area contributed by atoms with Crippen LogP contribution in [0, 0.1) is 0 Å². The highest BCUT2D eigenvalue weighted by Crippen LogP contribution is 2.30. The predicted octanol–water partition coefficient (Wildman–Crippen LogP) is 3.46. The van der Waals surface area contributed by atoms with Gasteiger partial charge < -0.3 is 20.1 Å². The molecule has 0 atom stereocenters. The molecule has 7 nitrogen and oxygen atoms in total. The van der Waals surface area contributed by atoms with Gasteiger partial charge >= 0.3 is 0 Å². The summed E-state index contributed by atoms with van der Waals surface area (Å²) in [5.41, 5.74) is 2.14. The second-order valence-corrected chi connectivity index (χ2v) is 5.81. The Morgan fingerprint density at radius 3 is 2.70 bits per heavy atom. The van der Waals surface area contributed by atoms with Gasteiger partial charge in [0.25, 0.3) is 0 Å². The van der Waals surface area contributed by atoms with Crippen molar-refractivity contribution in [3.05, 3.63) is 36.2 Å². The average molecular weight is 487 g/mol. The fourth-order valence-corrected chi connectivity index (χ4v) is 2.54. The summed E-state index contributed by atoms with van der Waals surface area (Å²) in [6, 6.07) is 5.76. The van der Waals surface area contributed by atoms with Gasteiger partial charge in [-0.05, 0) is 44.4 Å². The summed E-state index contributed by atoms with van der Waals surface area (Å²) >= 11 is 0. The van der Waals surface area contributed by atoms with E-state index in [1.807, 2.05) is 56.2 Å². The molecule has 2 aromatic rings. The molecule has 27 heavy (non-hydrogen) atoms. The largest absolute Gasteiger partial charge is 0.493 e. The number of hydrogen-bond donors (Lipinski definition) is 2. The molecule has 0 aliphatic heterocycles.